The smallest absolute Gasteiger partial charge is 0.497 e. The molecule has 3 nitrogen and oxygen atoms in total. The lowest BCUT2D eigenvalue weighted by molar-refractivity contribution is 0.00578. The molecule has 0 unspecified atom stereocenters. The quantitative estimate of drug-likeness (QED) is 0.530. The second-order valence-corrected chi connectivity index (χ2v) is 7.79. The lowest BCUT2D eigenvalue weighted by Crippen LogP contribution is -2.41. The van der Waals surface area contributed by atoms with Crippen LogP contribution in [-0.2, 0) is 9.31 Å². The van der Waals surface area contributed by atoms with E-state index in [9.17, 15) is 0 Å². The Labute approximate surface area is 161 Å². The molecular weight excluding hydrogens is 346 g/mol. The zero-order valence-corrected chi connectivity index (χ0v) is 16.6. The standard InChI is InChI=1S/C21H24BClO3/c1-20(2)21(3,4)26-22(25-20)18(15-11-13-17(24-5)14-12-15)19(23)16-9-7-6-8-10-16/h6-14H,1-5H3/b19-18-. The Bertz CT molecular complexity index is 782. The third kappa shape index (κ3) is 3.55. The molecule has 26 heavy (non-hydrogen) atoms. The Morgan fingerprint density at radius 3 is 1.88 bits per heavy atom. The molecule has 1 aliphatic rings. The fraction of sp³-hybridized carbons (Fsp3) is 0.333. The van der Waals surface area contributed by atoms with Crippen molar-refractivity contribution in [2.24, 2.45) is 0 Å². The molecule has 0 atom stereocenters. The van der Waals surface area contributed by atoms with Crippen molar-refractivity contribution in [1.82, 2.24) is 0 Å². The van der Waals surface area contributed by atoms with Crippen molar-refractivity contribution in [3.8, 4) is 5.75 Å². The first-order valence-corrected chi connectivity index (χ1v) is 9.08. The predicted octanol–water partition coefficient (Wildman–Crippen LogP) is 5.43. The van der Waals surface area contributed by atoms with Gasteiger partial charge in [0, 0.05) is 10.5 Å². The highest BCUT2D eigenvalue weighted by Crippen LogP contribution is 2.43. The van der Waals surface area contributed by atoms with Gasteiger partial charge < -0.3 is 14.0 Å². The molecule has 0 radical (unpaired) electrons. The van der Waals surface area contributed by atoms with Crippen LogP contribution in [0.1, 0.15) is 38.8 Å². The zero-order valence-electron chi connectivity index (χ0n) is 15.9. The first-order valence-electron chi connectivity index (χ1n) is 8.70. The van der Waals surface area contributed by atoms with Crippen molar-refractivity contribution in [3.63, 3.8) is 0 Å². The predicted molar refractivity (Wildman–Crippen MR) is 108 cm³/mol. The normalized spacial score (nSPS) is 19.2. The molecule has 136 valence electrons. The molecule has 1 aliphatic heterocycles. The number of ether oxygens (including phenoxy) is 1. The topological polar surface area (TPSA) is 27.7 Å². The Hall–Kier alpha value is -1.75. The van der Waals surface area contributed by atoms with Crippen LogP contribution in [0.4, 0.5) is 0 Å². The van der Waals surface area contributed by atoms with Crippen molar-refractivity contribution in [1.29, 1.82) is 0 Å². The number of hydrogen-bond acceptors (Lipinski definition) is 3. The molecule has 0 aliphatic carbocycles. The van der Waals surface area contributed by atoms with Gasteiger partial charge in [0.2, 0.25) is 0 Å². The fourth-order valence-electron chi connectivity index (χ4n) is 2.84. The molecular formula is C21H24BClO3. The molecule has 1 heterocycles. The van der Waals surface area contributed by atoms with Crippen LogP contribution >= 0.6 is 11.6 Å². The number of hydrogen-bond donors (Lipinski definition) is 0. The van der Waals surface area contributed by atoms with E-state index in [4.69, 9.17) is 25.6 Å². The summed E-state index contributed by atoms with van der Waals surface area (Å²) in [5, 5.41) is 0.620. The minimum Gasteiger partial charge on any atom is -0.497 e. The van der Waals surface area contributed by atoms with Gasteiger partial charge in [-0.1, -0.05) is 54.1 Å². The lowest BCUT2D eigenvalue weighted by atomic mass is 9.73. The van der Waals surface area contributed by atoms with Crippen LogP contribution in [0, 0.1) is 0 Å². The van der Waals surface area contributed by atoms with E-state index in [1.165, 1.54) is 0 Å². The molecule has 0 amide bonds. The summed E-state index contributed by atoms with van der Waals surface area (Å²) in [5.41, 5.74) is 1.80. The van der Waals surface area contributed by atoms with Crippen LogP contribution in [0.3, 0.4) is 0 Å². The summed E-state index contributed by atoms with van der Waals surface area (Å²) < 4.78 is 17.8. The first kappa shape index (κ1) is 19.0. The molecule has 5 heteroatoms. The van der Waals surface area contributed by atoms with E-state index in [1.807, 2.05) is 82.3 Å². The fourth-order valence-corrected chi connectivity index (χ4v) is 3.16. The van der Waals surface area contributed by atoms with Gasteiger partial charge in [0.25, 0.3) is 0 Å². The highest BCUT2D eigenvalue weighted by Gasteiger charge is 2.53. The van der Waals surface area contributed by atoms with Crippen LogP contribution in [0.2, 0.25) is 0 Å². The van der Waals surface area contributed by atoms with Gasteiger partial charge >= 0.3 is 7.12 Å². The van der Waals surface area contributed by atoms with Gasteiger partial charge in [0.05, 0.1) is 18.3 Å². The summed E-state index contributed by atoms with van der Waals surface area (Å²) in [5.74, 6) is 0.790. The van der Waals surface area contributed by atoms with Gasteiger partial charge in [-0.25, -0.2) is 0 Å². The number of benzene rings is 2. The summed E-state index contributed by atoms with van der Waals surface area (Å²) >= 11 is 6.84. The molecule has 0 spiro atoms. The van der Waals surface area contributed by atoms with Gasteiger partial charge in [0.1, 0.15) is 5.75 Å². The summed E-state index contributed by atoms with van der Waals surface area (Å²) in [4.78, 5) is 0. The number of methoxy groups -OCH3 is 1. The van der Waals surface area contributed by atoms with E-state index >= 15 is 0 Å². The molecule has 1 saturated heterocycles. The van der Waals surface area contributed by atoms with Crippen molar-refractivity contribution < 1.29 is 14.0 Å². The summed E-state index contributed by atoms with van der Waals surface area (Å²) in [6.07, 6.45) is 0. The number of rotatable bonds is 4. The molecule has 0 aromatic heterocycles. The Kier molecular flexibility index (Phi) is 5.20. The Balaban J connectivity index is 2.11. The zero-order chi connectivity index (χ0) is 18.9. The molecule has 0 N–H and O–H groups in total. The highest BCUT2D eigenvalue weighted by atomic mass is 35.5. The van der Waals surface area contributed by atoms with Crippen LogP contribution < -0.4 is 4.74 Å². The Morgan fingerprint density at radius 1 is 0.846 bits per heavy atom. The van der Waals surface area contributed by atoms with Gasteiger partial charge in [-0.2, -0.15) is 0 Å². The maximum atomic E-state index is 6.84. The van der Waals surface area contributed by atoms with Gasteiger partial charge in [0.15, 0.2) is 0 Å². The van der Waals surface area contributed by atoms with Crippen LogP contribution in [0.5, 0.6) is 5.75 Å². The molecule has 0 bridgehead atoms. The van der Waals surface area contributed by atoms with E-state index in [-0.39, 0.29) is 0 Å². The Morgan fingerprint density at radius 2 is 1.38 bits per heavy atom. The second-order valence-electron chi connectivity index (χ2n) is 7.41. The van der Waals surface area contributed by atoms with Crippen LogP contribution in [0.25, 0.3) is 10.5 Å². The monoisotopic (exact) mass is 370 g/mol. The third-order valence-electron chi connectivity index (χ3n) is 5.15. The minimum absolute atomic E-state index is 0.441. The van der Waals surface area contributed by atoms with E-state index in [2.05, 4.69) is 0 Å². The van der Waals surface area contributed by atoms with Gasteiger partial charge in [-0.15, -0.1) is 0 Å². The van der Waals surface area contributed by atoms with Crippen molar-refractivity contribution in [2.75, 3.05) is 7.11 Å². The van der Waals surface area contributed by atoms with Crippen molar-refractivity contribution >= 4 is 29.2 Å². The molecule has 2 aromatic carbocycles. The molecule has 0 saturated carbocycles. The maximum absolute atomic E-state index is 6.84. The summed E-state index contributed by atoms with van der Waals surface area (Å²) in [7, 11) is 1.10. The van der Waals surface area contributed by atoms with Crippen LogP contribution in [-0.4, -0.2) is 25.4 Å². The SMILES string of the molecule is COc1ccc(/C(B2OC(C)(C)C(C)(C)O2)=C(/Cl)c2ccccc2)cc1. The van der Waals surface area contributed by atoms with E-state index in [0.29, 0.717) is 5.03 Å². The molecule has 2 aromatic rings. The van der Waals surface area contributed by atoms with Crippen molar-refractivity contribution in [2.45, 2.75) is 38.9 Å². The van der Waals surface area contributed by atoms with Gasteiger partial charge in [-0.05, 0) is 51.0 Å². The van der Waals surface area contributed by atoms with E-state index < -0.39 is 18.3 Å². The van der Waals surface area contributed by atoms with E-state index in [0.717, 1.165) is 22.3 Å². The largest absolute Gasteiger partial charge is 0.497 e. The summed E-state index contributed by atoms with van der Waals surface area (Å²) in [6.45, 7) is 8.15. The average Bonchev–Trinajstić information content (AvgIpc) is 2.83. The lowest BCUT2D eigenvalue weighted by Gasteiger charge is -2.32. The third-order valence-corrected chi connectivity index (χ3v) is 5.58. The first-order chi connectivity index (χ1) is 12.2. The van der Waals surface area contributed by atoms with E-state index in [1.54, 1.807) is 7.11 Å². The van der Waals surface area contributed by atoms with Crippen molar-refractivity contribution in [3.05, 3.63) is 65.7 Å². The van der Waals surface area contributed by atoms with Crippen LogP contribution in [0.15, 0.2) is 54.6 Å². The molecule has 1 fully saturated rings. The maximum Gasteiger partial charge on any atom is 0.497 e. The average molecular weight is 371 g/mol. The highest BCUT2D eigenvalue weighted by molar-refractivity contribution is 6.76. The van der Waals surface area contributed by atoms with Gasteiger partial charge in [-0.3, -0.25) is 0 Å². The number of halogens is 1. The second kappa shape index (κ2) is 7.11. The molecule has 3 rings (SSSR count). The summed E-state index contributed by atoms with van der Waals surface area (Å²) in [6, 6.07) is 17.6. The minimum atomic E-state index is -0.555.